The quantitative estimate of drug-likeness (QED) is 0.671. The molecule has 0 atom stereocenters. The van der Waals surface area contributed by atoms with Crippen LogP contribution in [-0.4, -0.2) is 34.4 Å². The van der Waals surface area contributed by atoms with Crippen molar-refractivity contribution in [1.29, 1.82) is 0 Å². The smallest absolute Gasteiger partial charge is 0.236 e. The number of aromatic nitrogens is 4. The number of pyridine rings is 1. The molecule has 0 aliphatic heterocycles. The first-order valence-corrected chi connectivity index (χ1v) is 9.29. The summed E-state index contributed by atoms with van der Waals surface area (Å²) in [6.07, 6.45) is -2.70. The van der Waals surface area contributed by atoms with Crippen LogP contribution in [0.25, 0.3) is 17.2 Å². The van der Waals surface area contributed by atoms with Crippen molar-refractivity contribution in [2.45, 2.75) is 11.1 Å². The Morgan fingerprint density at radius 1 is 1.08 bits per heavy atom. The van der Waals surface area contributed by atoms with Gasteiger partial charge in [0.15, 0.2) is 21.5 Å². The van der Waals surface area contributed by atoms with Gasteiger partial charge in [-0.1, -0.05) is 11.6 Å². The Balaban J connectivity index is 2.16. The summed E-state index contributed by atoms with van der Waals surface area (Å²) in [4.78, 5) is 7.39. The monoisotopic (exact) mass is 402 g/mol. The summed E-state index contributed by atoms with van der Waals surface area (Å²) in [5, 5.41) is 3.89. The predicted molar refractivity (Wildman–Crippen MR) is 87.7 cm³/mol. The molecule has 26 heavy (non-hydrogen) atoms. The van der Waals surface area contributed by atoms with Gasteiger partial charge in [-0.25, -0.2) is 18.4 Å². The van der Waals surface area contributed by atoms with Crippen LogP contribution in [0, 0.1) is 0 Å². The number of hydrogen-bond acceptors (Lipinski definition) is 5. The molecule has 0 aliphatic rings. The second-order valence-electron chi connectivity index (χ2n) is 5.30. The van der Waals surface area contributed by atoms with E-state index in [2.05, 4.69) is 15.1 Å². The second-order valence-corrected chi connectivity index (χ2v) is 7.75. The molecule has 136 valence electrons. The molecule has 3 aromatic rings. The van der Waals surface area contributed by atoms with Crippen LogP contribution in [0.2, 0.25) is 5.02 Å². The standard InChI is InChI=1S/C15H10ClF3N4O2S/c1-26(24,25)11-6-7-12(20-8-11)23-13(9-2-4-10(16)5-3-9)21-14(22-23)15(17,18)19/h2-8H,1H3. The molecular weight excluding hydrogens is 393 g/mol. The highest BCUT2D eigenvalue weighted by molar-refractivity contribution is 7.90. The maximum absolute atomic E-state index is 13.0. The maximum Gasteiger partial charge on any atom is 0.453 e. The first kappa shape index (κ1) is 18.3. The molecule has 1 aromatic carbocycles. The van der Waals surface area contributed by atoms with Crippen molar-refractivity contribution in [3.63, 3.8) is 0 Å². The van der Waals surface area contributed by atoms with Crippen molar-refractivity contribution >= 4 is 21.4 Å². The van der Waals surface area contributed by atoms with Gasteiger partial charge in [0.25, 0.3) is 5.82 Å². The van der Waals surface area contributed by atoms with Crippen molar-refractivity contribution < 1.29 is 21.6 Å². The van der Waals surface area contributed by atoms with Crippen LogP contribution >= 0.6 is 11.6 Å². The summed E-state index contributed by atoms with van der Waals surface area (Å²) in [6, 6.07) is 8.48. The SMILES string of the molecule is CS(=O)(=O)c1ccc(-n2nc(C(F)(F)F)nc2-c2ccc(Cl)cc2)nc1. The van der Waals surface area contributed by atoms with Crippen LogP contribution in [0.4, 0.5) is 13.2 Å². The average molecular weight is 403 g/mol. The number of sulfone groups is 1. The third kappa shape index (κ3) is 3.70. The van der Waals surface area contributed by atoms with Crippen molar-refractivity contribution in [3.05, 3.63) is 53.4 Å². The normalized spacial score (nSPS) is 12.3. The summed E-state index contributed by atoms with van der Waals surface area (Å²) in [5.41, 5.74) is 0.339. The Labute approximate surface area is 151 Å². The number of halogens is 4. The molecule has 0 spiro atoms. The van der Waals surface area contributed by atoms with Gasteiger partial charge < -0.3 is 0 Å². The number of nitrogens with zero attached hydrogens (tertiary/aromatic N) is 4. The lowest BCUT2D eigenvalue weighted by Crippen LogP contribution is -2.09. The van der Waals surface area contributed by atoms with E-state index >= 15 is 0 Å². The number of rotatable bonds is 3. The molecular formula is C15H10ClF3N4O2S. The molecule has 2 aromatic heterocycles. The van der Waals surface area contributed by atoms with Crippen LogP contribution in [0.1, 0.15) is 5.82 Å². The number of alkyl halides is 3. The lowest BCUT2D eigenvalue weighted by atomic mass is 10.2. The Kier molecular flexibility index (Phi) is 4.49. The third-order valence-corrected chi connectivity index (χ3v) is 4.68. The predicted octanol–water partition coefficient (Wildman–Crippen LogP) is 3.41. The zero-order valence-corrected chi connectivity index (χ0v) is 14.6. The van der Waals surface area contributed by atoms with E-state index in [-0.39, 0.29) is 16.5 Å². The Hall–Kier alpha value is -2.46. The Morgan fingerprint density at radius 2 is 1.73 bits per heavy atom. The van der Waals surface area contributed by atoms with Crippen LogP contribution in [0.15, 0.2) is 47.5 Å². The highest BCUT2D eigenvalue weighted by Crippen LogP contribution is 2.30. The van der Waals surface area contributed by atoms with Gasteiger partial charge in [-0.15, -0.1) is 5.10 Å². The second kappa shape index (κ2) is 6.36. The van der Waals surface area contributed by atoms with Crippen LogP contribution in [0.5, 0.6) is 0 Å². The molecule has 0 saturated carbocycles. The highest BCUT2D eigenvalue weighted by atomic mass is 35.5. The molecule has 6 nitrogen and oxygen atoms in total. The highest BCUT2D eigenvalue weighted by Gasteiger charge is 2.37. The minimum atomic E-state index is -4.75. The fourth-order valence-corrected chi connectivity index (χ4v) is 2.78. The molecule has 0 radical (unpaired) electrons. The Bertz CT molecular complexity index is 1050. The fourth-order valence-electron chi connectivity index (χ4n) is 2.09. The van der Waals surface area contributed by atoms with E-state index in [1.807, 2.05) is 0 Å². The van der Waals surface area contributed by atoms with Crippen molar-refractivity contribution in [2.24, 2.45) is 0 Å². The van der Waals surface area contributed by atoms with E-state index in [9.17, 15) is 21.6 Å². The summed E-state index contributed by atoms with van der Waals surface area (Å²) in [6.45, 7) is 0. The zero-order valence-electron chi connectivity index (χ0n) is 13.1. The van der Waals surface area contributed by atoms with E-state index < -0.39 is 21.8 Å². The van der Waals surface area contributed by atoms with Gasteiger partial charge in [0.05, 0.1) is 4.90 Å². The van der Waals surface area contributed by atoms with Crippen molar-refractivity contribution in [2.75, 3.05) is 6.26 Å². The Morgan fingerprint density at radius 3 is 2.23 bits per heavy atom. The molecule has 0 N–H and O–H groups in total. The first-order chi connectivity index (χ1) is 12.1. The van der Waals surface area contributed by atoms with E-state index in [1.165, 1.54) is 36.4 Å². The van der Waals surface area contributed by atoms with Gasteiger partial charge in [-0.2, -0.15) is 17.9 Å². The summed E-state index contributed by atoms with van der Waals surface area (Å²) in [7, 11) is -3.49. The lowest BCUT2D eigenvalue weighted by Gasteiger charge is -2.06. The molecule has 11 heteroatoms. The van der Waals surface area contributed by atoms with Gasteiger partial charge in [0.1, 0.15) is 0 Å². The largest absolute Gasteiger partial charge is 0.453 e. The molecule has 0 amide bonds. The fraction of sp³-hybridized carbons (Fsp3) is 0.133. The van der Waals surface area contributed by atoms with Crippen molar-refractivity contribution in [3.8, 4) is 17.2 Å². The summed E-state index contributed by atoms with van der Waals surface area (Å²) < 4.78 is 63.0. The first-order valence-electron chi connectivity index (χ1n) is 7.02. The molecule has 2 heterocycles. The maximum atomic E-state index is 13.0. The molecule has 0 fully saturated rings. The third-order valence-electron chi connectivity index (χ3n) is 3.33. The molecule has 0 unspecified atom stereocenters. The molecule has 0 aliphatic carbocycles. The van der Waals surface area contributed by atoms with Gasteiger partial charge in [-0.05, 0) is 36.4 Å². The minimum Gasteiger partial charge on any atom is -0.236 e. The minimum absolute atomic E-state index is 0.00894. The van der Waals surface area contributed by atoms with Crippen molar-refractivity contribution in [1.82, 2.24) is 19.7 Å². The summed E-state index contributed by atoms with van der Waals surface area (Å²) in [5.74, 6) is -1.45. The van der Waals surface area contributed by atoms with E-state index in [0.717, 1.165) is 17.1 Å². The zero-order chi connectivity index (χ0) is 19.1. The van der Waals surface area contributed by atoms with Gasteiger partial charge in [-0.3, -0.25) is 0 Å². The molecule has 0 saturated heterocycles. The number of benzene rings is 1. The van der Waals surface area contributed by atoms with E-state index in [0.29, 0.717) is 10.6 Å². The molecule has 0 bridgehead atoms. The van der Waals surface area contributed by atoms with Gasteiger partial charge in [0, 0.05) is 23.0 Å². The van der Waals surface area contributed by atoms with E-state index in [1.54, 1.807) is 0 Å². The van der Waals surface area contributed by atoms with Crippen LogP contribution < -0.4 is 0 Å². The van der Waals surface area contributed by atoms with Gasteiger partial charge >= 0.3 is 6.18 Å². The summed E-state index contributed by atoms with van der Waals surface area (Å²) >= 11 is 5.80. The van der Waals surface area contributed by atoms with Crippen LogP contribution in [-0.2, 0) is 16.0 Å². The number of hydrogen-bond donors (Lipinski definition) is 0. The topological polar surface area (TPSA) is 77.7 Å². The van der Waals surface area contributed by atoms with Gasteiger partial charge in [0.2, 0.25) is 0 Å². The average Bonchev–Trinajstić information content (AvgIpc) is 3.00. The molecule has 3 rings (SSSR count). The van der Waals surface area contributed by atoms with E-state index in [4.69, 9.17) is 11.6 Å². The van der Waals surface area contributed by atoms with Crippen LogP contribution in [0.3, 0.4) is 0 Å². The lowest BCUT2D eigenvalue weighted by molar-refractivity contribution is -0.144.